The van der Waals surface area contributed by atoms with E-state index in [1.807, 2.05) is 6.92 Å². The second kappa shape index (κ2) is 6.92. The van der Waals surface area contributed by atoms with Gasteiger partial charge in [-0.1, -0.05) is 26.2 Å². The number of carbonyl (C=O) groups excluding carboxylic acids is 1. The molecule has 0 aliphatic carbocycles. The van der Waals surface area contributed by atoms with Gasteiger partial charge in [0.2, 0.25) is 0 Å². The molecule has 0 aromatic rings. The third-order valence-corrected chi connectivity index (χ3v) is 3.38. The summed E-state index contributed by atoms with van der Waals surface area (Å²) in [4.78, 5) is 11.4. The number of nitrogens with two attached hydrogens (primary N) is 1. The summed E-state index contributed by atoms with van der Waals surface area (Å²) in [6, 6.07) is 0. The number of ketones is 1. The van der Waals surface area contributed by atoms with E-state index in [1.54, 1.807) is 0 Å². The Morgan fingerprint density at radius 2 is 1.93 bits per heavy atom. The van der Waals surface area contributed by atoms with Crippen LogP contribution in [0.1, 0.15) is 39.0 Å². The Bertz CT molecular complexity index is 286. The van der Waals surface area contributed by atoms with E-state index in [0.29, 0.717) is 6.42 Å². The molecule has 3 N–H and O–H groups in total. The van der Waals surface area contributed by atoms with E-state index in [-0.39, 0.29) is 13.0 Å². The van der Waals surface area contributed by atoms with Gasteiger partial charge in [0, 0.05) is 13.0 Å². The van der Waals surface area contributed by atoms with Crippen molar-refractivity contribution >= 4 is 15.9 Å². The summed E-state index contributed by atoms with van der Waals surface area (Å²) in [5, 5.41) is -1.45. The first-order valence-corrected chi connectivity index (χ1v) is 6.62. The van der Waals surface area contributed by atoms with Gasteiger partial charge in [0.15, 0.2) is 11.0 Å². The maximum absolute atomic E-state index is 11.4. The van der Waals surface area contributed by atoms with Crippen molar-refractivity contribution in [1.29, 1.82) is 0 Å². The van der Waals surface area contributed by atoms with E-state index in [9.17, 15) is 13.2 Å². The third-order valence-electron chi connectivity index (χ3n) is 2.21. The summed E-state index contributed by atoms with van der Waals surface area (Å²) < 4.78 is 30.2. The highest BCUT2D eigenvalue weighted by molar-refractivity contribution is 7.87. The van der Waals surface area contributed by atoms with E-state index in [1.165, 1.54) is 0 Å². The zero-order chi connectivity index (χ0) is 11.9. The van der Waals surface area contributed by atoms with Crippen LogP contribution in [0.5, 0.6) is 0 Å². The number of hydrogen-bond donors (Lipinski definition) is 2. The monoisotopic (exact) mass is 237 g/mol. The molecule has 0 aliphatic rings. The second-order valence-electron chi connectivity index (χ2n) is 3.52. The lowest BCUT2D eigenvalue weighted by Crippen LogP contribution is -2.36. The molecule has 0 aromatic carbocycles. The first-order chi connectivity index (χ1) is 6.93. The summed E-state index contributed by atoms with van der Waals surface area (Å²) >= 11 is 0. The molecule has 0 amide bonds. The number of unbranched alkanes of at least 4 members (excludes halogenated alkanes) is 3. The Hall–Kier alpha value is -0.460. The van der Waals surface area contributed by atoms with Gasteiger partial charge in [-0.15, -0.1) is 0 Å². The van der Waals surface area contributed by atoms with Crippen molar-refractivity contribution in [2.75, 3.05) is 6.54 Å². The highest BCUT2D eigenvalue weighted by atomic mass is 32.2. The molecule has 90 valence electrons. The molecule has 0 fully saturated rings. The topological polar surface area (TPSA) is 97.5 Å². The van der Waals surface area contributed by atoms with Crippen molar-refractivity contribution in [1.82, 2.24) is 0 Å². The second-order valence-corrected chi connectivity index (χ2v) is 5.12. The van der Waals surface area contributed by atoms with Crippen molar-refractivity contribution in [2.24, 2.45) is 5.73 Å². The number of rotatable bonds is 8. The van der Waals surface area contributed by atoms with E-state index in [0.717, 1.165) is 19.3 Å². The maximum atomic E-state index is 11.4. The highest BCUT2D eigenvalue weighted by Gasteiger charge is 2.28. The van der Waals surface area contributed by atoms with Gasteiger partial charge in [0.1, 0.15) is 0 Å². The zero-order valence-corrected chi connectivity index (χ0v) is 9.79. The van der Waals surface area contributed by atoms with Gasteiger partial charge in [-0.3, -0.25) is 9.35 Å². The summed E-state index contributed by atoms with van der Waals surface area (Å²) in [7, 11) is -4.33. The van der Waals surface area contributed by atoms with Crippen molar-refractivity contribution in [3.8, 4) is 0 Å². The summed E-state index contributed by atoms with van der Waals surface area (Å²) in [5.41, 5.74) is 5.13. The van der Waals surface area contributed by atoms with Crippen molar-refractivity contribution in [2.45, 2.75) is 44.3 Å². The van der Waals surface area contributed by atoms with Crippen molar-refractivity contribution < 1.29 is 17.8 Å². The van der Waals surface area contributed by atoms with Gasteiger partial charge in [-0.2, -0.15) is 8.42 Å². The van der Waals surface area contributed by atoms with Gasteiger partial charge in [0.05, 0.1) is 0 Å². The lowest BCUT2D eigenvalue weighted by Gasteiger charge is -2.09. The normalized spacial score (nSPS) is 13.8. The van der Waals surface area contributed by atoms with E-state index < -0.39 is 21.2 Å². The first kappa shape index (κ1) is 14.5. The minimum Gasteiger partial charge on any atom is -0.329 e. The molecular weight excluding hydrogens is 218 g/mol. The van der Waals surface area contributed by atoms with Crippen LogP contribution in [0.15, 0.2) is 0 Å². The molecule has 0 rings (SSSR count). The molecule has 0 spiro atoms. The van der Waals surface area contributed by atoms with Gasteiger partial charge in [-0.25, -0.2) is 0 Å². The minimum absolute atomic E-state index is 0.168. The van der Waals surface area contributed by atoms with Gasteiger partial charge in [-0.05, 0) is 6.42 Å². The Morgan fingerprint density at radius 3 is 2.33 bits per heavy atom. The molecule has 0 saturated heterocycles. The molecule has 5 nitrogen and oxygen atoms in total. The van der Waals surface area contributed by atoms with Crippen LogP contribution in [-0.2, 0) is 14.9 Å². The maximum Gasteiger partial charge on any atom is 0.276 e. The minimum atomic E-state index is -4.33. The molecule has 1 unspecified atom stereocenters. The summed E-state index contributed by atoms with van der Waals surface area (Å²) in [6.45, 7) is 1.69. The quantitative estimate of drug-likeness (QED) is 0.479. The first-order valence-electron chi connectivity index (χ1n) is 5.12. The Morgan fingerprint density at radius 1 is 1.33 bits per heavy atom. The van der Waals surface area contributed by atoms with Crippen LogP contribution in [0.4, 0.5) is 0 Å². The Balaban J connectivity index is 4.07. The van der Waals surface area contributed by atoms with E-state index in [4.69, 9.17) is 10.3 Å². The van der Waals surface area contributed by atoms with Crippen LogP contribution in [0.3, 0.4) is 0 Å². The Kier molecular flexibility index (Phi) is 6.71. The molecule has 0 aliphatic heterocycles. The highest BCUT2D eigenvalue weighted by Crippen LogP contribution is 2.08. The van der Waals surface area contributed by atoms with Gasteiger partial charge >= 0.3 is 0 Å². The third kappa shape index (κ3) is 5.86. The summed E-state index contributed by atoms with van der Waals surface area (Å²) in [6.07, 6.45) is 3.78. The molecule has 0 radical (unpaired) electrons. The molecule has 6 heteroatoms. The van der Waals surface area contributed by atoms with Crippen molar-refractivity contribution in [3.05, 3.63) is 0 Å². The van der Waals surface area contributed by atoms with E-state index in [2.05, 4.69) is 0 Å². The number of hydrogen-bond acceptors (Lipinski definition) is 4. The fourth-order valence-corrected chi connectivity index (χ4v) is 2.00. The molecule has 15 heavy (non-hydrogen) atoms. The standard InChI is InChI=1S/C9H19NO4S/c1-2-3-4-5-6-8(11)9(7-10)15(12,13)14/h9H,2-7,10H2,1H3,(H,12,13,14). The van der Waals surface area contributed by atoms with Crippen LogP contribution in [-0.4, -0.2) is 30.5 Å². The van der Waals surface area contributed by atoms with Crippen LogP contribution < -0.4 is 5.73 Å². The average molecular weight is 237 g/mol. The summed E-state index contributed by atoms with van der Waals surface area (Å²) in [5.74, 6) is -0.490. The number of carbonyl (C=O) groups is 1. The van der Waals surface area contributed by atoms with E-state index >= 15 is 0 Å². The van der Waals surface area contributed by atoms with Crippen molar-refractivity contribution in [3.63, 3.8) is 0 Å². The molecule has 0 saturated carbocycles. The SMILES string of the molecule is CCCCCCC(=O)C(CN)S(=O)(=O)O. The van der Waals surface area contributed by atoms with Crippen LogP contribution >= 0.6 is 0 Å². The smallest absolute Gasteiger partial charge is 0.276 e. The van der Waals surface area contributed by atoms with Crippen LogP contribution in [0.25, 0.3) is 0 Å². The average Bonchev–Trinajstić information content (AvgIpc) is 2.11. The van der Waals surface area contributed by atoms with Crippen LogP contribution in [0.2, 0.25) is 0 Å². The fraction of sp³-hybridized carbons (Fsp3) is 0.889. The van der Waals surface area contributed by atoms with Gasteiger partial charge in [0.25, 0.3) is 10.1 Å². The lowest BCUT2D eigenvalue weighted by molar-refractivity contribution is -0.118. The largest absolute Gasteiger partial charge is 0.329 e. The molecule has 1 atom stereocenters. The zero-order valence-electron chi connectivity index (χ0n) is 8.98. The predicted octanol–water partition coefficient (Wildman–Crippen LogP) is 0.741. The predicted molar refractivity (Wildman–Crippen MR) is 58.2 cm³/mol. The molecule has 0 bridgehead atoms. The van der Waals surface area contributed by atoms with Gasteiger partial charge < -0.3 is 5.73 Å². The Labute approximate surface area is 90.8 Å². The van der Waals surface area contributed by atoms with Crippen LogP contribution in [0, 0.1) is 0 Å². The lowest BCUT2D eigenvalue weighted by atomic mass is 10.1. The molecule has 0 heterocycles. The molecular formula is C9H19NO4S. The number of Topliss-reactive ketones (excluding diaryl/α,β-unsaturated/α-hetero) is 1. The fourth-order valence-electron chi connectivity index (χ4n) is 1.31. The molecule has 0 aromatic heterocycles.